The number of amidine groups is 1. The molecule has 174 valence electrons. The molecule has 4 rings (SSSR count). The van der Waals surface area contributed by atoms with E-state index in [1.54, 1.807) is 6.20 Å². The van der Waals surface area contributed by atoms with Gasteiger partial charge in [0.25, 0.3) is 0 Å². The van der Waals surface area contributed by atoms with Gasteiger partial charge in [0.2, 0.25) is 0 Å². The Morgan fingerprint density at radius 3 is 2.91 bits per heavy atom. The Morgan fingerprint density at radius 1 is 1.18 bits per heavy atom. The van der Waals surface area contributed by atoms with Gasteiger partial charge in [0, 0.05) is 31.8 Å². The van der Waals surface area contributed by atoms with Gasteiger partial charge in [-0.3, -0.25) is 4.98 Å². The fourth-order valence-corrected chi connectivity index (χ4v) is 3.29. The van der Waals surface area contributed by atoms with Gasteiger partial charge < -0.3 is 24.9 Å². The van der Waals surface area contributed by atoms with Crippen molar-refractivity contribution in [3.05, 3.63) is 83.1 Å². The molecule has 8 nitrogen and oxygen atoms in total. The number of aliphatic imine (C=N–C) groups is 2. The number of hydrogen-bond donors (Lipinski definition) is 2. The van der Waals surface area contributed by atoms with E-state index >= 15 is 0 Å². The number of halogens is 1. The molecule has 2 aromatic heterocycles. The first-order chi connectivity index (χ1) is 16.2. The third kappa shape index (κ3) is 8.02. The smallest absolute Gasteiger partial charge is 0.130 e. The van der Waals surface area contributed by atoms with Crippen LogP contribution in [0, 0.1) is 0 Å². The molecule has 0 unspecified atom stereocenters. The lowest BCUT2D eigenvalue weighted by Gasteiger charge is -2.09. The fraction of sp³-hybridized carbons (Fsp3) is 0.292. The topological polar surface area (TPSA) is 107 Å². The van der Waals surface area contributed by atoms with E-state index in [-0.39, 0.29) is 6.61 Å². The molecule has 1 aliphatic heterocycles. The normalized spacial score (nSPS) is 14.7. The zero-order chi connectivity index (χ0) is 23.3. The van der Waals surface area contributed by atoms with Crippen LogP contribution in [0.25, 0.3) is 0 Å². The van der Waals surface area contributed by atoms with Gasteiger partial charge >= 0.3 is 0 Å². The van der Waals surface area contributed by atoms with E-state index in [9.17, 15) is 0 Å². The fourth-order valence-electron chi connectivity index (χ4n) is 3.08. The molecule has 0 saturated carbocycles. The van der Waals surface area contributed by atoms with Crippen LogP contribution in [0.4, 0.5) is 5.69 Å². The number of nitrogens with zero attached hydrogens (tertiary/aromatic N) is 4. The van der Waals surface area contributed by atoms with E-state index in [2.05, 4.69) is 19.5 Å². The summed E-state index contributed by atoms with van der Waals surface area (Å²) in [4.78, 5) is 12.4. The molecule has 9 heteroatoms. The minimum Gasteiger partial charge on any atom is -0.490 e. The Hall–Kier alpha value is -3.20. The molecule has 0 fully saturated rings. The summed E-state index contributed by atoms with van der Waals surface area (Å²) in [7, 11) is 0. The molecule has 1 aliphatic carbocycles. The van der Waals surface area contributed by atoms with E-state index in [1.807, 2.05) is 54.8 Å². The monoisotopic (exact) mass is 469 g/mol. The van der Waals surface area contributed by atoms with Crippen molar-refractivity contribution in [3.8, 4) is 0 Å². The third-order valence-corrected chi connectivity index (χ3v) is 5.05. The van der Waals surface area contributed by atoms with Crippen LogP contribution in [-0.2, 0) is 29.0 Å². The standard InChI is InChI=1S/C13H12ClNO.C11H16N4O2/c14-12-7-2-1-3-8-13(12)16-10-11-6-4-5-9-15-11;12-11-7-10-9(13-8-14-11)1-2-15(10)3-5-17-6-4-16/h1-7,9H,8,10H2;1-2,8,16H,3-7H2,(H2,12,13,14). The quantitative estimate of drug-likeness (QED) is 0.574. The number of ether oxygens (including phenoxy) is 2. The van der Waals surface area contributed by atoms with Crippen LogP contribution in [0.2, 0.25) is 0 Å². The summed E-state index contributed by atoms with van der Waals surface area (Å²) < 4.78 is 12.9. The molecule has 3 N–H and O–H groups in total. The average Bonchev–Trinajstić information content (AvgIpc) is 2.97. The zero-order valence-corrected chi connectivity index (χ0v) is 19.1. The van der Waals surface area contributed by atoms with Crippen molar-refractivity contribution in [2.24, 2.45) is 15.7 Å². The SMILES string of the molecule is ClC1=C(OCc2ccccn2)CC=CC=C1.NC1=NC=Nc2ccn(CCOCCO)c2C1. The number of aliphatic hydroxyl groups excluding tert-OH is 1. The first kappa shape index (κ1) is 24.4. The summed E-state index contributed by atoms with van der Waals surface area (Å²) in [5.41, 5.74) is 8.58. The maximum absolute atomic E-state index is 8.60. The van der Waals surface area contributed by atoms with Crippen LogP contribution in [0.1, 0.15) is 17.8 Å². The number of allylic oxidation sites excluding steroid dienone is 5. The van der Waals surface area contributed by atoms with E-state index < -0.39 is 0 Å². The van der Waals surface area contributed by atoms with Crippen LogP contribution >= 0.6 is 11.6 Å². The van der Waals surface area contributed by atoms with E-state index in [4.69, 9.17) is 31.9 Å². The van der Waals surface area contributed by atoms with Crippen LogP contribution < -0.4 is 5.73 Å². The van der Waals surface area contributed by atoms with Crippen LogP contribution in [0.3, 0.4) is 0 Å². The number of pyridine rings is 1. The summed E-state index contributed by atoms with van der Waals surface area (Å²) in [6.07, 6.45) is 14.2. The first-order valence-electron chi connectivity index (χ1n) is 10.6. The highest BCUT2D eigenvalue weighted by Gasteiger charge is 2.12. The van der Waals surface area contributed by atoms with Crippen molar-refractivity contribution >= 4 is 29.5 Å². The second-order valence-corrected chi connectivity index (χ2v) is 7.50. The minimum atomic E-state index is 0.0493. The summed E-state index contributed by atoms with van der Waals surface area (Å²) >= 11 is 6.06. The molecule has 2 aromatic rings. The molecule has 0 spiro atoms. The first-order valence-corrected chi connectivity index (χ1v) is 11.0. The van der Waals surface area contributed by atoms with Gasteiger partial charge in [0.15, 0.2) is 0 Å². The minimum absolute atomic E-state index is 0.0493. The number of aromatic nitrogens is 2. The van der Waals surface area contributed by atoms with Crippen molar-refractivity contribution in [1.29, 1.82) is 0 Å². The van der Waals surface area contributed by atoms with E-state index in [0.29, 0.717) is 37.1 Å². The van der Waals surface area contributed by atoms with Gasteiger partial charge in [-0.2, -0.15) is 0 Å². The lowest BCUT2D eigenvalue weighted by atomic mass is 10.2. The highest BCUT2D eigenvalue weighted by atomic mass is 35.5. The number of rotatable bonds is 8. The summed E-state index contributed by atoms with van der Waals surface area (Å²) in [5.74, 6) is 1.35. The van der Waals surface area contributed by atoms with Gasteiger partial charge in [-0.05, 0) is 24.3 Å². The lowest BCUT2D eigenvalue weighted by molar-refractivity contribution is 0.0868. The van der Waals surface area contributed by atoms with Crippen LogP contribution in [0.5, 0.6) is 0 Å². The molecule has 0 radical (unpaired) electrons. The van der Waals surface area contributed by atoms with Gasteiger partial charge in [-0.15, -0.1) is 0 Å². The molecule has 0 bridgehead atoms. The van der Waals surface area contributed by atoms with Crippen molar-refractivity contribution in [2.75, 3.05) is 19.8 Å². The van der Waals surface area contributed by atoms with Crippen molar-refractivity contribution in [3.63, 3.8) is 0 Å². The van der Waals surface area contributed by atoms with Crippen LogP contribution in [0.15, 0.2) is 81.7 Å². The highest BCUT2D eigenvalue weighted by molar-refractivity contribution is 6.31. The van der Waals surface area contributed by atoms with Gasteiger partial charge in [0.1, 0.15) is 24.5 Å². The van der Waals surface area contributed by atoms with Crippen molar-refractivity contribution in [1.82, 2.24) is 9.55 Å². The third-order valence-electron chi connectivity index (χ3n) is 4.72. The van der Waals surface area contributed by atoms with Crippen molar-refractivity contribution in [2.45, 2.75) is 26.0 Å². The Morgan fingerprint density at radius 2 is 2.09 bits per heavy atom. The van der Waals surface area contributed by atoms with Crippen LogP contribution in [-0.4, -0.2) is 46.7 Å². The molecule has 3 heterocycles. The van der Waals surface area contributed by atoms with Gasteiger partial charge in [-0.1, -0.05) is 35.9 Å². The van der Waals surface area contributed by atoms with E-state index in [0.717, 1.165) is 35.8 Å². The molecule has 2 aliphatic rings. The molecule has 0 saturated heterocycles. The second-order valence-electron chi connectivity index (χ2n) is 7.09. The predicted octanol–water partition coefficient (Wildman–Crippen LogP) is 3.63. The maximum atomic E-state index is 8.60. The molecule has 0 aromatic carbocycles. The van der Waals surface area contributed by atoms with E-state index in [1.165, 1.54) is 6.34 Å². The molecule has 0 amide bonds. The maximum Gasteiger partial charge on any atom is 0.130 e. The summed E-state index contributed by atoms with van der Waals surface area (Å²) in [6, 6.07) is 7.68. The van der Waals surface area contributed by atoms with Crippen molar-refractivity contribution < 1.29 is 14.6 Å². The molecule has 0 atom stereocenters. The summed E-state index contributed by atoms with van der Waals surface area (Å²) in [5, 5.41) is 9.26. The predicted molar refractivity (Wildman–Crippen MR) is 131 cm³/mol. The largest absolute Gasteiger partial charge is 0.490 e. The molecule has 33 heavy (non-hydrogen) atoms. The Bertz CT molecular complexity index is 1040. The van der Waals surface area contributed by atoms with Gasteiger partial charge in [-0.25, -0.2) is 9.98 Å². The second kappa shape index (κ2) is 13.4. The number of aliphatic hydroxyl groups is 1. The zero-order valence-electron chi connectivity index (χ0n) is 18.3. The Labute approximate surface area is 198 Å². The number of fused-ring (bicyclic) bond motifs is 1. The Kier molecular flexibility index (Phi) is 9.90. The lowest BCUT2D eigenvalue weighted by Crippen LogP contribution is -2.18. The summed E-state index contributed by atoms with van der Waals surface area (Å²) in [6.45, 7) is 2.15. The average molecular weight is 470 g/mol. The molecular formula is C24H28ClN5O3. The van der Waals surface area contributed by atoms with Gasteiger partial charge in [0.05, 0.1) is 41.9 Å². The highest BCUT2D eigenvalue weighted by Crippen LogP contribution is 2.22. The molecular weight excluding hydrogens is 442 g/mol. The number of hydrogen-bond acceptors (Lipinski definition) is 7. The number of nitrogens with two attached hydrogens (primary N) is 1. The Balaban J connectivity index is 0.000000186.